The number of hydrogen-bond acceptors (Lipinski definition) is 6. The van der Waals surface area contributed by atoms with Crippen molar-refractivity contribution in [3.05, 3.63) is 23.8 Å². The van der Waals surface area contributed by atoms with E-state index in [0.717, 1.165) is 32.4 Å². The van der Waals surface area contributed by atoms with Crippen LogP contribution in [0.1, 0.15) is 62.7 Å². The van der Waals surface area contributed by atoms with Crippen LogP contribution in [0.3, 0.4) is 0 Å². The third kappa shape index (κ3) is 7.98. The zero-order valence-electron chi connectivity index (χ0n) is 23.3. The van der Waals surface area contributed by atoms with E-state index < -0.39 is 0 Å². The van der Waals surface area contributed by atoms with E-state index in [4.69, 9.17) is 14.2 Å². The normalized spacial score (nSPS) is 20.1. The molecule has 2 atom stereocenters. The van der Waals surface area contributed by atoms with Crippen molar-refractivity contribution < 1.29 is 23.8 Å². The van der Waals surface area contributed by atoms with Gasteiger partial charge in [-0.15, -0.1) is 0 Å². The van der Waals surface area contributed by atoms with Crippen LogP contribution in [-0.4, -0.2) is 94.0 Å². The van der Waals surface area contributed by atoms with Gasteiger partial charge in [0.2, 0.25) is 0 Å². The molecule has 2 aliphatic rings. The lowest BCUT2D eigenvalue weighted by atomic mass is 9.95. The Morgan fingerprint density at radius 1 is 1.08 bits per heavy atom. The Morgan fingerprint density at radius 2 is 1.84 bits per heavy atom. The number of benzene rings is 1. The molecule has 0 spiro atoms. The summed E-state index contributed by atoms with van der Waals surface area (Å²) in [5.41, 5.74) is 0.558. The number of amides is 3. The van der Waals surface area contributed by atoms with Crippen LogP contribution >= 0.6 is 0 Å². The zero-order valence-corrected chi connectivity index (χ0v) is 23.3. The van der Waals surface area contributed by atoms with Crippen LogP contribution in [-0.2, 0) is 4.74 Å². The van der Waals surface area contributed by atoms with Gasteiger partial charge in [0.05, 0.1) is 19.8 Å². The molecule has 1 heterocycles. The summed E-state index contributed by atoms with van der Waals surface area (Å²) in [4.78, 5) is 30.4. The van der Waals surface area contributed by atoms with Gasteiger partial charge >= 0.3 is 6.03 Å². The van der Waals surface area contributed by atoms with Crippen molar-refractivity contribution in [1.29, 1.82) is 0 Å². The molecular formula is C28H46N4O5. The minimum Gasteiger partial charge on any atom is -0.493 e. The van der Waals surface area contributed by atoms with Crippen molar-refractivity contribution in [2.24, 2.45) is 5.92 Å². The monoisotopic (exact) mass is 518 g/mol. The maximum absolute atomic E-state index is 13.7. The fourth-order valence-electron chi connectivity index (χ4n) is 5.29. The maximum Gasteiger partial charge on any atom is 0.317 e. The average molecular weight is 519 g/mol. The van der Waals surface area contributed by atoms with Crippen LogP contribution in [0.4, 0.5) is 4.79 Å². The van der Waals surface area contributed by atoms with E-state index in [2.05, 4.69) is 10.6 Å². The molecule has 0 radical (unpaired) electrons. The summed E-state index contributed by atoms with van der Waals surface area (Å²) in [7, 11) is 5.13. The SMILES string of the molecule is COCCCOc1cc(C(=O)N(C[C@@H]2CNC[C@H]2N(C)C(=O)NC2CCCCC2)C(C)C)ccc1OC. The third-order valence-electron chi connectivity index (χ3n) is 7.53. The first kappa shape index (κ1) is 29.0. The minimum absolute atomic E-state index is 0.00305. The van der Waals surface area contributed by atoms with E-state index in [-0.39, 0.29) is 36.0 Å². The van der Waals surface area contributed by atoms with Gasteiger partial charge in [-0.3, -0.25) is 4.79 Å². The highest BCUT2D eigenvalue weighted by molar-refractivity contribution is 5.95. The lowest BCUT2D eigenvalue weighted by molar-refractivity contribution is 0.0651. The Labute approximate surface area is 222 Å². The molecule has 9 nitrogen and oxygen atoms in total. The number of carbonyl (C=O) groups excluding carboxylic acids is 2. The molecule has 9 heteroatoms. The number of urea groups is 1. The quantitative estimate of drug-likeness (QED) is 0.412. The number of hydrogen-bond donors (Lipinski definition) is 2. The molecular weight excluding hydrogens is 472 g/mol. The van der Waals surface area contributed by atoms with Crippen molar-refractivity contribution >= 4 is 11.9 Å². The number of nitrogens with one attached hydrogen (secondary N) is 2. The van der Waals surface area contributed by atoms with E-state index in [1.165, 1.54) is 19.3 Å². The molecule has 37 heavy (non-hydrogen) atoms. The van der Waals surface area contributed by atoms with Gasteiger partial charge in [-0.05, 0) is 44.9 Å². The summed E-state index contributed by atoms with van der Waals surface area (Å²) in [5, 5.41) is 6.66. The first-order valence-electron chi connectivity index (χ1n) is 13.7. The van der Waals surface area contributed by atoms with Crippen LogP contribution in [0, 0.1) is 5.92 Å². The van der Waals surface area contributed by atoms with E-state index in [1.54, 1.807) is 32.4 Å². The van der Waals surface area contributed by atoms with Gasteiger partial charge < -0.3 is 34.6 Å². The Hall–Kier alpha value is -2.52. The highest BCUT2D eigenvalue weighted by atomic mass is 16.5. The summed E-state index contributed by atoms with van der Waals surface area (Å²) in [6.45, 7) is 7.18. The molecule has 1 aromatic rings. The second-order valence-corrected chi connectivity index (χ2v) is 10.5. The molecule has 2 fully saturated rings. The average Bonchev–Trinajstić information content (AvgIpc) is 3.37. The van der Waals surface area contributed by atoms with Crippen LogP contribution in [0.15, 0.2) is 18.2 Å². The second-order valence-electron chi connectivity index (χ2n) is 10.5. The summed E-state index contributed by atoms with van der Waals surface area (Å²) < 4.78 is 16.4. The molecule has 1 saturated carbocycles. The van der Waals surface area contributed by atoms with E-state index in [1.807, 2.05) is 30.7 Å². The van der Waals surface area contributed by atoms with Crippen molar-refractivity contribution in [3.63, 3.8) is 0 Å². The zero-order chi connectivity index (χ0) is 26.8. The first-order valence-corrected chi connectivity index (χ1v) is 13.7. The van der Waals surface area contributed by atoms with Crippen LogP contribution < -0.4 is 20.1 Å². The highest BCUT2D eigenvalue weighted by Crippen LogP contribution is 2.29. The van der Waals surface area contributed by atoms with Gasteiger partial charge in [0.1, 0.15) is 0 Å². The van der Waals surface area contributed by atoms with Crippen molar-refractivity contribution in [3.8, 4) is 11.5 Å². The Kier molecular flexibility index (Phi) is 11.3. The van der Waals surface area contributed by atoms with Gasteiger partial charge in [0.15, 0.2) is 11.5 Å². The molecule has 0 unspecified atom stereocenters. The molecule has 3 amide bonds. The number of carbonyl (C=O) groups is 2. The largest absolute Gasteiger partial charge is 0.493 e. The number of methoxy groups -OCH3 is 2. The number of likely N-dealkylation sites (N-methyl/N-ethyl adjacent to an activating group) is 1. The lowest BCUT2D eigenvalue weighted by Crippen LogP contribution is -2.52. The smallest absolute Gasteiger partial charge is 0.317 e. The first-order chi connectivity index (χ1) is 17.8. The predicted octanol–water partition coefficient (Wildman–Crippen LogP) is 3.52. The lowest BCUT2D eigenvalue weighted by Gasteiger charge is -2.35. The molecule has 208 valence electrons. The van der Waals surface area contributed by atoms with E-state index >= 15 is 0 Å². The Bertz CT molecular complexity index is 874. The van der Waals surface area contributed by atoms with Gasteiger partial charge in [-0.25, -0.2) is 4.79 Å². The highest BCUT2D eigenvalue weighted by Gasteiger charge is 2.36. The fourth-order valence-corrected chi connectivity index (χ4v) is 5.29. The Balaban J connectivity index is 1.67. The topological polar surface area (TPSA) is 92.4 Å². The molecule has 1 aliphatic heterocycles. The van der Waals surface area contributed by atoms with Gasteiger partial charge in [0.25, 0.3) is 5.91 Å². The van der Waals surface area contributed by atoms with E-state index in [0.29, 0.717) is 36.8 Å². The van der Waals surface area contributed by atoms with Gasteiger partial charge in [0, 0.05) is 70.4 Å². The summed E-state index contributed by atoms with van der Waals surface area (Å²) in [6, 6.07) is 5.60. The van der Waals surface area contributed by atoms with Crippen molar-refractivity contribution in [2.75, 3.05) is 54.1 Å². The van der Waals surface area contributed by atoms with Crippen LogP contribution in [0.25, 0.3) is 0 Å². The molecule has 0 aromatic heterocycles. The summed E-state index contributed by atoms with van der Waals surface area (Å²) >= 11 is 0. The standard InChI is InChI=1S/C28H46N4O5/c1-20(2)32(27(33)21-12-13-25(36-5)26(16-21)37-15-9-14-35-4)19-22-17-29-18-24(22)31(3)28(34)30-23-10-7-6-8-11-23/h12-13,16,20,22-24,29H,6-11,14-15,17-19H2,1-5H3,(H,30,34)/t22-,24+/m0/s1. The summed E-state index contributed by atoms with van der Waals surface area (Å²) in [5.74, 6) is 1.22. The molecule has 2 N–H and O–H groups in total. The molecule has 3 rings (SSSR count). The molecule has 1 saturated heterocycles. The molecule has 1 aliphatic carbocycles. The fraction of sp³-hybridized carbons (Fsp3) is 0.714. The van der Waals surface area contributed by atoms with Crippen LogP contribution in [0.2, 0.25) is 0 Å². The maximum atomic E-state index is 13.7. The summed E-state index contributed by atoms with van der Waals surface area (Å²) in [6.07, 6.45) is 6.47. The van der Waals surface area contributed by atoms with Gasteiger partial charge in [-0.1, -0.05) is 19.3 Å². The second kappa shape index (κ2) is 14.4. The van der Waals surface area contributed by atoms with E-state index in [9.17, 15) is 9.59 Å². The number of nitrogens with zero attached hydrogens (tertiary/aromatic N) is 2. The predicted molar refractivity (Wildman–Crippen MR) is 144 cm³/mol. The molecule has 0 bridgehead atoms. The molecule has 1 aromatic carbocycles. The Morgan fingerprint density at radius 3 is 2.51 bits per heavy atom. The van der Waals surface area contributed by atoms with Gasteiger partial charge in [-0.2, -0.15) is 0 Å². The number of ether oxygens (including phenoxy) is 3. The van der Waals surface area contributed by atoms with Crippen molar-refractivity contribution in [2.45, 2.75) is 70.5 Å². The van der Waals surface area contributed by atoms with Crippen molar-refractivity contribution in [1.82, 2.24) is 20.4 Å². The minimum atomic E-state index is -0.0562. The number of rotatable bonds is 12. The van der Waals surface area contributed by atoms with Crippen LogP contribution in [0.5, 0.6) is 11.5 Å². The third-order valence-corrected chi connectivity index (χ3v) is 7.53.